The van der Waals surface area contributed by atoms with Crippen molar-refractivity contribution in [3.8, 4) is 0 Å². The van der Waals surface area contributed by atoms with Crippen LogP contribution >= 0.6 is 0 Å². The third-order valence-corrected chi connectivity index (χ3v) is 7.81. The van der Waals surface area contributed by atoms with Gasteiger partial charge < -0.3 is 10.4 Å². The predicted octanol–water partition coefficient (Wildman–Crippen LogP) is 2.29. The molecule has 32 heavy (non-hydrogen) atoms. The number of nitrogens with one attached hydrogen (secondary N) is 1. The van der Waals surface area contributed by atoms with Crippen molar-refractivity contribution in [2.45, 2.75) is 36.2 Å². The Morgan fingerprint density at radius 1 is 1.19 bits per heavy atom. The van der Waals surface area contributed by atoms with Crippen LogP contribution in [0.4, 0.5) is 4.79 Å². The fourth-order valence-electron chi connectivity index (χ4n) is 4.63. The summed E-state index contributed by atoms with van der Waals surface area (Å²) >= 11 is 0. The van der Waals surface area contributed by atoms with E-state index in [0.29, 0.717) is 35.7 Å². The van der Waals surface area contributed by atoms with Crippen molar-refractivity contribution in [1.82, 2.24) is 23.4 Å². The molecule has 0 aliphatic heterocycles. The van der Waals surface area contributed by atoms with Gasteiger partial charge >= 0.3 is 11.8 Å². The quantitative estimate of drug-likeness (QED) is 0.486. The van der Waals surface area contributed by atoms with Crippen LogP contribution in [0.25, 0.3) is 22.1 Å². The number of hydrogen-bond acceptors (Lipinski definition) is 5. The van der Waals surface area contributed by atoms with E-state index in [-0.39, 0.29) is 28.3 Å². The summed E-state index contributed by atoms with van der Waals surface area (Å²) in [6, 6.07) is 9.30. The van der Waals surface area contributed by atoms with Crippen molar-refractivity contribution in [2.75, 3.05) is 0 Å². The minimum absolute atomic E-state index is 0.142. The second kappa shape index (κ2) is 7.23. The summed E-state index contributed by atoms with van der Waals surface area (Å²) in [6.45, 7) is 0. The smallest absolute Gasteiger partial charge is 0.404 e. The normalized spacial score (nSPS) is 19.0. The van der Waals surface area contributed by atoms with Gasteiger partial charge in [0.1, 0.15) is 0 Å². The number of carbonyl (C=O) groups is 1. The Balaban J connectivity index is 1.69. The molecule has 1 amide bonds. The highest BCUT2D eigenvalue weighted by molar-refractivity contribution is 7.90. The maximum atomic E-state index is 13.2. The average molecular weight is 455 g/mol. The molecule has 3 aromatic heterocycles. The number of nitrogens with zero attached hydrogens (tertiary/aromatic N) is 4. The lowest BCUT2D eigenvalue weighted by Crippen LogP contribution is -2.32. The highest BCUT2D eigenvalue weighted by Crippen LogP contribution is 2.34. The maximum absolute atomic E-state index is 13.2. The lowest BCUT2D eigenvalue weighted by atomic mass is 10.2. The number of benzene rings is 1. The molecular weight excluding hydrogens is 434 g/mol. The Labute approximate surface area is 182 Å². The van der Waals surface area contributed by atoms with E-state index < -0.39 is 16.1 Å². The van der Waals surface area contributed by atoms with Gasteiger partial charge in [-0.1, -0.05) is 18.2 Å². The number of carboxylic acid groups (broad SMARTS) is 1. The second-order valence-electron chi connectivity index (χ2n) is 7.98. The zero-order valence-corrected chi connectivity index (χ0v) is 18.0. The van der Waals surface area contributed by atoms with Gasteiger partial charge in [0.15, 0.2) is 5.65 Å². The molecule has 1 saturated carbocycles. The van der Waals surface area contributed by atoms with Crippen molar-refractivity contribution in [1.29, 1.82) is 0 Å². The highest BCUT2D eigenvalue weighted by Gasteiger charge is 2.31. The monoisotopic (exact) mass is 455 g/mol. The van der Waals surface area contributed by atoms with Crippen LogP contribution in [-0.4, -0.2) is 43.7 Å². The Hall–Kier alpha value is -3.60. The zero-order chi connectivity index (χ0) is 22.6. The molecule has 0 saturated heterocycles. The van der Waals surface area contributed by atoms with Gasteiger partial charge in [0.2, 0.25) is 0 Å². The van der Waals surface area contributed by atoms with Crippen molar-refractivity contribution in [2.24, 2.45) is 7.05 Å². The lowest BCUT2D eigenvalue weighted by Gasteiger charge is -2.14. The summed E-state index contributed by atoms with van der Waals surface area (Å²) in [6.07, 6.45) is 3.61. The Morgan fingerprint density at radius 2 is 1.94 bits per heavy atom. The third kappa shape index (κ3) is 3.00. The second-order valence-corrected chi connectivity index (χ2v) is 9.80. The van der Waals surface area contributed by atoms with Crippen LogP contribution in [0.15, 0.2) is 58.5 Å². The molecule has 0 bridgehead atoms. The Kier molecular flexibility index (Phi) is 4.59. The van der Waals surface area contributed by atoms with Gasteiger partial charge in [0, 0.05) is 30.7 Å². The number of pyridine rings is 1. The molecule has 0 spiro atoms. The van der Waals surface area contributed by atoms with E-state index in [9.17, 15) is 18.0 Å². The van der Waals surface area contributed by atoms with Crippen LogP contribution in [0.1, 0.15) is 25.3 Å². The summed E-state index contributed by atoms with van der Waals surface area (Å²) < 4.78 is 30.6. The minimum Gasteiger partial charge on any atom is -0.465 e. The van der Waals surface area contributed by atoms with E-state index in [1.807, 2.05) is 0 Å². The number of amides is 1. The molecule has 10 nitrogen and oxygen atoms in total. The van der Waals surface area contributed by atoms with Gasteiger partial charge in [0.25, 0.3) is 10.0 Å². The first-order valence-corrected chi connectivity index (χ1v) is 11.6. The summed E-state index contributed by atoms with van der Waals surface area (Å²) in [5, 5.41) is 12.1. The molecule has 11 heteroatoms. The standard InChI is InChI=1S/C21H21N5O5S/c1-24-17-12-22-19-16(9-10-25(19)32(30,31)15-5-3-2-4-6-15)18(17)26(21(24)29)14-8-7-13(11-14)23-20(27)28/h2-6,9-10,12-14,23H,7-8,11H2,1H3,(H,27,28)/t13-,14-/m1/s1. The molecule has 1 aromatic carbocycles. The molecule has 3 heterocycles. The summed E-state index contributed by atoms with van der Waals surface area (Å²) in [7, 11) is -2.22. The Morgan fingerprint density at radius 3 is 2.66 bits per heavy atom. The lowest BCUT2D eigenvalue weighted by molar-refractivity contribution is 0.190. The molecule has 0 radical (unpaired) electrons. The molecule has 2 atom stereocenters. The minimum atomic E-state index is -3.86. The van der Waals surface area contributed by atoms with Crippen molar-refractivity contribution in [3.63, 3.8) is 0 Å². The van der Waals surface area contributed by atoms with Gasteiger partial charge in [-0.15, -0.1) is 0 Å². The number of fused-ring (bicyclic) bond motifs is 3. The van der Waals surface area contributed by atoms with Crippen LogP contribution in [0.3, 0.4) is 0 Å². The first-order chi connectivity index (χ1) is 15.3. The van der Waals surface area contributed by atoms with E-state index in [2.05, 4.69) is 10.3 Å². The van der Waals surface area contributed by atoms with Crippen LogP contribution in [0, 0.1) is 0 Å². The van der Waals surface area contributed by atoms with Gasteiger partial charge in [-0.25, -0.2) is 27.0 Å². The van der Waals surface area contributed by atoms with E-state index >= 15 is 0 Å². The summed E-state index contributed by atoms with van der Waals surface area (Å²) in [5.41, 5.74) is 1.19. The van der Waals surface area contributed by atoms with Gasteiger partial charge in [-0.3, -0.25) is 9.13 Å². The topological polar surface area (TPSA) is 128 Å². The van der Waals surface area contributed by atoms with Crippen molar-refractivity contribution < 1.29 is 18.3 Å². The zero-order valence-electron chi connectivity index (χ0n) is 17.2. The van der Waals surface area contributed by atoms with Crippen molar-refractivity contribution in [3.05, 3.63) is 59.3 Å². The van der Waals surface area contributed by atoms with Gasteiger partial charge in [-0.05, 0) is 37.5 Å². The molecule has 1 aliphatic carbocycles. The predicted molar refractivity (Wildman–Crippen MR) is 117 cm³/mol. The molecule has 1 fully saturated rings. The number of aromatic nitrogens is 4. The SMILES string of the molecule is Cn1c(=O)n([C@@H]2CC[C@@H](NC(=O)O)C2)c2c3ccn(S(=O)(=O)c4ccccc4)c3ncc21. The molecule has 5 rings (SSSR count). The van der Waals surface area contributed by atoms with E-state index in [1.165, 1.54) is 29.1 Å². The van der Waals surface area contributed by atoms with Crippen molar-refractivity contribution >= 4 is 38.2 Å². The fourth-order valence-corrected chi connectivity index (χ4v) is 5.96. The maximum Gasteiger partial charge on any atom is 0.404 e. The van der Waals surface area contributed by atoms with E-state index in [0.717, 1.165) is 3.97 Å². The average Bonchev–Trinajstić information content (AvgIpc) is 3.46. The van der Waals surface area contributed by atoms with Crippen LogP contribution < -0.4 is 11.0 Å². The highest BCUT2D eigenvalue weighted by atomic mass is 32.2. The number of hydrogen-bond donors (Lipinski definition) is 2. The fraction of sp³-hybridized carbons (Fsp3) is 0.286. The van der Waals surface area contributed by atoms with Crippen LogP contribution in [0.2, 0.25) is 0 Å². The summed E-state index contributed by atoms with van der Waals surface area (Å²) in [5.74, 6) is 0. The molecule has 1 aliphatic rings. The number of imidazole rings is 1. The van der Waals surface area contributed by atoms with E-state index in [1.54, 1.807) is 35.9 Å². The first-order valence-electron chi connectivity index (χ1n) is 10.2. The number of rotatable bonds is 4. The molecule has 0 unspecified atom stereocenters. The van der Waals surface area contributed by atoms with Gasteiger partial charge in [-0.2, -0.15) is 0 Å². The molecule has 4 aromatic rings. The van der Waals surface area contributed by atoms with Gasteiger partial charge in [0.05, 0.1) is 22.1 Å². The molecule has 166 valence electrons. The largest absolute Gasteiger partial charge is 0.465 e. The van der Waals surface area contributed by atoms with Crippen LogP contribution in [0.5, 0.6) is 0 Å². The van der Waals surface area contributed by atoms with E-state index in [4.69, 9.17) is 5.11 Å². The molecule has 2 N–H and O–H groups in total. The molecular formula is C21H21N5O5S. The third-order valence-electron chi connectivity index (χ3n) is 6.13. The van der Waals surface area contributed by atoms with Crippen LogP contribution in [-0.2, 0) is 17.1 Å². The number of aryl methyl sites for hydroxylation is 1. The first kappa shape index (κ1) is 20.3. The Bertz CT molecular complexity index is 1520. The summed E-state index contributed by atoms with van der Waals surface area (Å²) in [4.78, 5) is 28.6.